The van der Waals surface area contributed by atoms with Crippen LogP contribution in [0.5, 0.6) is 5.75 Å². The van der Waals surface area contributed by atoms with E-state index < -0.39 is 0 Å². The number of amides is 1. The molecule has 1 amide bonds. The molecule has 2 aliphatic heterocycles. The topological polar surface area (TPSA) is 56.1 Å². The van der Waals surface area contributed by atoms with Crippen LogP contribution in [0.25, 0.3) is 5.70 Å². The number of rotatable bonds is 7. The van der Waals surface area contributed by atoms with Crippen LogP contribution in [-0.2, 0) is 16.9 Å². The number of aromatic nitrogens is 1. The Kier molecular flexibility index (Phi) is 6.99. The zero-order valence-corrected chi connectivity index (χ0v) is 21.5. The van der Waals surface area contributed by atoms with E-state index in [4.69, 9.17) is 14.5 Å². The van der Waals surface area contributed by atoms with E-state index in [0.717, 1.165) is 53.4 Å². The quantitative estimate of drug-likeness (QED) is 0.374. The molecule has 0 saturated carbocycles. The predicted molar refractivity (Wildman–Crippen MR) is 147 cm³/mol. The summed E-state index contributed by atoms with van der Waals surface area (Å²) < 4.78 is 13.5. The molecular formula is C31H33N3O3. The molecule has 0 aliphatic carbocycles. The van der Waals surface area contributed by atoms with E-state index >= 15 is 0 Å². The van der Waals surface area contributed by atoms with Gasteiger partial charge in [-0.1, -0.05) is 43.8 Å². The van der Waals surface area contributed by atoms with Crippen molar-refractivity contribution >= 4 is 17.3 Å². The van der Waals surface area contributed by atoms with Gasteiger partial charge < -0.3 is 18.9 Å². The molecule has 1 spiro atoms. The summed E-state index contributed by atoms with van der Waals surface area (Å²) in [7, 11) is 1.68. The van der Waals surface area contributed by atoms with Crippen molar-refractivity contribution in [1.29, 1.82) is 0 Å². The van der Waals surface area contributed by atoms with Crippen LogP contribution in [0.1, 0.15) is 47.8 Å². The van der Waals surface area contributed by atoms with Crippen LogP contribution in [0, 0.1) is 0 Å². The summed E-state index contributed by atoms with van der Waals surface area (Å²) in [4.78, 5) is 20.4. The third-order valence-corrected chi connectivity index (χ3v) is 7.28. The first kappa shape index (κ1) is 24.6. The molecule has 190 valence electrons. The van der Waals surface area contributed by atoms with Gasteiger partial charge in [-0.05, 0) is 54.8 Å². The summed E-state index contributed by atoms with van der Waals surface area (Å²) in [5, 5.41) is 0. The number of ether oxygens (including phenoxy) is 2. The number of carbonyl (C=O) groups is 1. The van der Waals surface area contributed by atoms with Crippen molar-refractivity contribution in [2.45, 2.75) is 38.3 Å². The van der Waals surface area contributed by atoms with E-state index in [9.17, 15) is 4.79 Å². The molecule has 2 aromatic carbocycles. The minimum absolute atomic E-state index is 0.0387. The van der Waals surface area contributed by atoms with Crippen molar-refractivity contribution < 1.29 is 14.3 Å². The SMILES string of the molecule is C=C1C(/C=C(\CC)OC)=NC2(CCN(C(=O)c3ccc(OCc4ccccc4)cc3)CC2)c2cccn21. The lowest BCUT2D eigenvalue weighted by atomic mass is 9.83. The molecule has 0 atom stereocenters. The van der Waals surface area contributed by atoms with Gasteiger partial charge in [-0.15, -0.1) is 0 Å². The number of piperidine rings is 1. The number of aliphatic imine (C=N–C) groups is 1. The molecule has 5 rings (SSSR count). The van der Waals surface area contributed by atoms with Gasteiger partial charge in [0.05, 0.1) is 30.0 Å². The second kappa shape index (κ2) is 10.5. The first-order chi connectivity index (χ1) is 18.0. The molecule has 6 nitrogen and oxygen atoms in total. The molecule has 1 fully saturated rings. The first-order valence-corrected chi connectivity index (χ1v) is 12.8. The summed E-state index contributed by atoms with van der Waals surface area (Å²) in [5.41, 5.74) is 4.22. The number of carbonyl (C=O) groups excluding carboxylic acids is 1. The lowest BCUT2D eigenvalue weighted by molar-refractivity contribution is 0.0666. The molecule has 2 aliphatic rings. The second-order valence-corrected chi connectivity index (χ2v) is 9.50. The van der Waals surface area contributed by atoms with Gasteiger partial charge in [-0.2, -0.15) is 0 Å². The molecule has 1 saturated heterocycles. The number of allylic oxidation sites excluding steroid dienone is 3. The number of fused-ring (bicyclic) bond motifs is 2. The van der Waals surface area contributed by atoms with Crippen molar-refractivity contribution in [1.82, 2.24) is 9.47 Å². The maximum Gasteiger partial charge on any atom is 0.253 e. The number of methoxy groups -OCH3 is 1. The average molecular weight is 496 g/mol. The van der Waals surface area contributed by atoms with Gasteiger partial charge in [0.2, 0.25) is 0 Å². The van der Waals surface area contributed by atoms with E-state index in [1.165, 1.54) is 0 Å². The van der Waals surface area contributed by atoms with Crippen LogP contribution >= 0.6 is 0 Å². The molecule has 3 aromatic rings. The Bertz CT molecular complexity index is 1320. The van der Waals surface area contributed by atoms with Gasteiger partial charge in [0.1, 0.15) is 17.9 Å². The zero-order chi connectivity index (χ0) is 25.8. The van der Waals surface area contributed by atoms with Gasteiger partial charge in [-0.3, -0.25) is 9.79 Å². The van der Waals surface area contributed by atoms with Gasteiger partial charge in [0.15, 0.2) is 0 Å². The fraction of sp³-hybridized carbons (Fsp3) is 0.290. The van der Waals surface area contributed by atoms with Crippen LogP contribution in [0.3, 0.4) is 0 Å². The molecule has 0 N–H and O–H groups in total. The Hall–Kier alpha value is -4.06. The normalized spacial score (nSPS) is 16.8. The summed E-state index contributed by atoms with van der Waals surface area (Å²) in [5.74, 6) is 1.66. The van der Waals surface area contributed by atoms with Gasteiger partial charge in [0.25, 0.3) is 5.91 Å². The molecule has 0 bridgehead atoms. The fourth-order valence-electron chi connectivity index (χ4n) is 5.11. The van der Waals surface area contributed by atoms with Crippen molar-refractivity contribution in [3.63, 3.8) is 0 Å². The van der Waals surface area contributed by atoms with Crippen LogP contribution in [-0.4, -0.2) is 41.3 Å². The summed E-state index contributed by atoms with van der Waals surface area (Å²) in [6, 6.07) is 21.6. The van der Waals surface area contributed by atoms with Gasteiger partial charge in [-0.25, -0.2) is 0 Å². The Morgan fingerprint density at radius 3 is 2.46 bits per heavy atom. The zero-order valence-electron chi connectivity index (χ0n) is 21.5. The average Bonchev–Trinajstić information content (AvgIpc) is 3.46. The van der Waals surface area contributed by atoms with Crippen molar-refractivity contribution in [3.8, 4) is 5.75 Å². The van der Waals surface area contributed by atoms with Crippen LogP contribution < -0.4 is 4.74 Å². The van der Waals surface area contributed by atoms with E-state index in [-0.39, 0.29) is 11.4 Å². The third-order valence-electron chi connectivity index (χ3n) is 7.28. The number of hydrogen-bond donors (Lipinski definition) is 0. The van der Waals surface area contributed by atoms with Crippen LogP contribution in [0.15, 0.2) is 96.3 Å². The fourth-order valence-corrected chi connectivity index (χ4v) is 5.11. The number of nitrogens with zero attached hydrogens (tertiary/aromatic N) is 3. The maximum absolute atomic E-state index is 13.3. The smallest absolute Gasteiger partial charge is 0.253 e. The minimum Gasteiger partial charge on any atom is -0.501 e. The second-order valence-electron chi connectivity index (χ2n) is 9.50. The van der Waals surface area contributed by atoms with E-state index in [1.807, 2.05) is 77.8 Å². The maximum atomic E-state index is 13.3. The Balaban J connectivity index is 1.28. The number of benzene rings is 2. The highest BCUT2D eigenvalue weighted by Crippen LogP contribution is 2.42. The highest BCUT2D eigenvalue weighted by molar-refractivity contribution is 6.25. The van der Waals surface area contributed by atoms with E-state index in [2.05, 4.69) is 24.1 Å². The van der Waals surface area contributed by atoms with Gasteiger partial charge >= 0.3 is 0 Å². The van der Waals surface area contributed by atoms with E-state index in [0.29, 0.717) is 25.3 Å². The molecule has 0 unspecified atom stereocenters. The third kappa shape index (κ3) is 4.96. The largest absolute Gasteiger partial charge is 0.501 e. The molecule has 37 heavy (non-hydrogen) atoms. The molecule has 0 radical (unpaired) electrons. The van der Waals surface area contributed by atoms with Crippen LogP contribution in [0.4, 0.5) is 0 Å². The standard InChI is InChI=1S/C31H33N3O3/c1-4-26(36-3)21-28-23(2)34-18-8-11-29(34)31(32-28)16-19-33(20-17-31)30(35)25-12-14-27(15-13-25)37-22-24-9-6-5-7-10-24/h5-15,18,21H,2,4,16-17,19-20,22H2,1,3H3/b26-21+. The summed E-state index contributed by atoms with van der Waals surface area (Å²) in [6.45, 7) is 8.11. The van der Waals surface area contributed by atoms with Crippen molar-refractivity contribution in [2.75, 3.05) is 20.2 Å². The monoisotopic (exact) mass is 495 g/mol. The molecule has 1 aromatic heterocycles. The number of hydrogen-bond acceptors (Lipinski definition) is 4. The summed E-state index contributed by atoms with van der Waals surface area (Å²) in [6.07, 6.45) is 6.32. The predicted octanol–water partition coefficient (Wildman–Crippen LogP) is 6.06. The lowest BCUT2D eigenvalue weighted by Gasteiger charge is -2.42. The van der Waals surface area contributed by atoms with Crippen LogP contribution in [0.2, 0.25) is 0 Å². The molecular weight excluding hydrogens is 462 g/mol. The Morgan fingerprint density at radius 1 is 1.05 bits per heavy atom. The first-order valence-electron chi connectivity index (χ1n) is 12.8. The van der Waals surface area contributed by atoms with Gasteiger partial charge in [0, 0.05) is 37.3 Å². The highest BCUT2D eigenvalue weighted by atomic mass is 16.5. The molecule has 6 heteroatoms. The highest BCUT2D eigenvalue weighted by Gasteiger charge is 2.42. The Labute approximate surface area is 218 Å². The molecule has 3 heterocycles. The minimum atomic E-state index is -0.380. The van der Waals surface area contributed by atoms with Crippen molar-refractivity contribution in [2.24, 2.45) is 4.99 Å². The van der Waals surface area contributed by atoms with Crippen molar-refractivity contribution in [3.05, 3.63) is 108 Å². The number of likely N-dealkylation sites (tertiary alicyclic amines) is 1. The Morgan fingerprint density at radius 2 is 1.78 bits per heavy atom. The summed E-state index contributed by atoms with van der Waals surface area (Å²) >= 11 is 0. The lowest BCUT2D eigenvalue weighted by Crippen LogP contribution is -2.46. The van der Waals surface area contributed by atoms with E-state index in [1.54, 1.807) is 7.11 Å².